The van der Waals surface area contributed by atoms with Gasteiger partial charge in [-0.05, 0) is 11.6 Å². The van der Waals surface area contributed by atoms with Crippen LogP contribution in [0, 0.1) is 0 Å². The van der Waals surface area contributed by atoms with Gasteiger partial charge in [0.25, 0.3) is 0 Å². The number of rotatable bonds is 1. The Morgan fingerprint density at radius 1 is 1.17 bits per heavy atom. The van der Waals surface area contributed by atoms with E-state index in [0.29, 0.717) is 17.0 Å². The van der Waals surface area contributed by atoms with Gasteiger partial charge in [-0.3, -0.25) is 0 Å². The van der Waals surface area contributed by atoms with Crippen molar-refractivity contribution in [1.82, 2.24) is 0 Å². The van der Waals surface area contributed by atoms with E-state index >= 15 is 0 Å². The van der Waals surface area contributed by atoms with Crippen molar-refractivity contribution >= 4 is 12.5 Å². The first-order valence-corrected chi connectivity index (χ1v) is 3.59. The number of hydrogen-bond donors (Lipinski definition) is 3. The maximum atomic E-state index is 8.77. The Bertz CT molecular complexity index is 371. The summed E-state index contributed by atoms with van der Waals surface area (Å²) in [5.41, 5.74) is 6.31. The number of nitrogens with two attached hydrogens (primary N) is 1. The third kappa shape index (κ3) is 1.57. The molecule has 0 atom stereocenters. The molecule has 0 aliphatic heterocycles. The van der Waals surface area contributed by atoms with Crippen molar-refractivity contribution in [2.45, 2.75) is 6.54 Å². The predicted octanol–water partition coefficient (Wildman–Crippen LogP) is -0.263. The lowest BCUT2D eigenvalue weighted by Crippen LogP contribution is -2.25. The van der Waals surface area contributed by atoms with Gasteiger partial charge in [0.2, 0.25) is 0 Å². The molecule has 0 aliphatic carbocycles. The Morgan fingerprint density at radius 3 is 2.33 bits per heavy atom. The molecule has 0 bridgehead atoms. The summed E-state index contributed by atoms with van der Waals surface area (Å²) in [4.78, 5) is 0. The number of benzene rings is 1. The summed E-state index contributed by atoms with van der Waals surface area (Å²) in [6.07, 6.45) is 1.89. The molecule has 1 aromatic carbocycles. The van der Waals surface area contributed by atoms with Crippen molar-refractivity contribution in [2.24, 2.45) is 5.73 Å². The standard InChI is InChI=1S/C9H11NO2/c10-4-7-1-2-8(5-11)9(3-7)6-12/h1-3,5-6,11-12H,4,10H2. The molecule has 1 rings (SSSR count). The molecule has 0 aromatic heterocycles. The molecule has 0 saturated carbocycles. The molecule has 0 aliphatic rings. The van der Waals surface area contributed by atoms with Gasteiger partial charge in [0.15, 0.2) is 0 Å². The first kappa shape index (κ1) is 8.62. The summed E-state index contributed by atoms with van der Waals surface area (Å²) >= 11 is 0. The van der Waals surface area contributed by atoms with E-state index in [2.05, 4.69) is 0 Å². The Morgan fingerprint density at radius 2 is 1.83 bits per heavy atom. The topological polar surface area (TPSA) is 66.5 Å². The van der Waals surface area contributed by atoms with Crippen LogP contribution in [0.1, 0.15) is 5.56 Å². The molecule has 0 amide bonds. The summed E-state index contributed by atoms with van der Waals surface area (Å²) in [7, 11) is 0. The quantitative estimate of drug-likeness (QED) is 0.537. The first-order chi connectivity index (χ1) is 5.81. The van der Waals surface area contributed by atoms with Crippen LogP contribution in [0.4, 0.5) is 0 Å². The number of aliphatic hydroxyl groups excluding tert-OH is 2. The zero-order valence-electron chi connectivity index (χ0n) is 6.57. The van der Waals surface area contributed by atoms with Gasteiger partial charge in [0, 0.05) is 17.0 Å². The van der Waals surface area contributed by atoms with Gasteiger partial charge in [-0.2, -0.15) is 0 Å². The molecule has 0 radical (unpaired) electrons. The van der Waals surface area contributed by atoms with Gasteiger partial charge in [-0.25, -0.2) is 0 Å². The van der Waals surface area contributed by atoms with Crippen molar-refractivity contribution in [3.63, 3.8) is 0 Å². The second kappa shape index (κ2) is 3.78. The summed E-state index contributed by atoms with van der Waals surface area (Å²) in [6.45, 7) is 0.423. The second-order valence-corrected chi connectivity index (χ2v) is 2.43. The maximum absolute atomic E-state index is 8.77. The summed E-state index contributed by atoms with van der Waals surface area (Å²) in [5, 5.41) is 18.6. The van der Waals surface area contributed by atoms with Crippen LogP contribution in [-0.2, 0) is 6.54 Å². The fourth-order valence-electron chi connectivity index (χ4n) is 0.981. The van der Waals surface area contributed by atoms with E-state index in [4.69, 9.17) is 15.9 Å². The number of aliphatic hydroxyl groups is 2. The molecule has 0 heterocycles. The van der Waals surface area contributed by atoms with Crippen LogP contribution in [0.15, 0.2) is 18.2 Å². The maximum Gasteiger partial charge on any atom is 0.0871 e. The minimum absolute atomic E-state index is 0.423. The Hall–Kier alpha value is -1.48. The third-order valence-electron chi connectivity index (χ3n) is 1.67. The highest BCUT2D eigenvalue weighted by molar-refractivity contribution is 5.27. The highest BCUT2D eigenvalue weighted by atomic mass is 16.2. The normalized spacial score (nSPS) is 13.8. The van der Waals surface area contributed by atoms with Crippen LogP contribution in [-0.4, -0.2) is 10.2 Å². The molecule has 1 aromatic rings. The second-order valence-electron chi connectivity index (χ2n) is 2.43. The van der Waals surface area contributed by atoms with Crippen LogP contribution < -0.4 is 16.2 Å². The largest absolute Gasteiger partial charge is 0.515 e. The van der Waals surface area contributed by atoms with E-state index in [1.807, 2.05) is 0 Å². The lowest BCUT2D eigenvalue weighted by Gasteiger charge is -1.94. The van der Waals surface area contributed by atoms with E-state index in [1.54, 1.807) is 18.2 Å². The van der Waals surface area contributed by atoms with E-state index in [0.717, 1.165) is 18.1 Å². The highest BCUT2D eigenvalue weighted by Crippen LogP contribution is 1.87. The van der Waals surface area contributed by atoms with Crippen LogP contribution >= 0.6 is 0 Å². The van der Waals surface area contributed by atoms with Crippen molar-refractivity contribution < 1.29 is 10.2 Å². The molecule has 0 spiro atoms. The van der Waals surface area contributed by atoms with Gasteiger partial charge in [0.1, 0.15) is 0 Å². The average Bonchev–Trinajstić information content (AvgIpc) is 2.16. The SMILES string of the molecule is NCc1ccc(=CO)c(=CO)c1. The molecule has 12 heavy (non-hydrogen) atoms. The molecule has 0 unspecified atom stereocenters. The van der Waals surface area contributed by atoms with Crippen LogP contribution in [0.25, 0.3) is 12.5 Å². The van der Waals surface area contributed by atoms with Gasteiger partial charge < -0.3 is 15.9 Å². The fraction of sp³-hybridized carbons (Fsp3) is 0.111. The van der Waals surface area contributed by atoms with Crippen molar-refractivity contribution in [3.05, 3.63) is 34.2 Å². The fourth-order valence-corrected chi connectivity index (χ4v) is 0.981. The van der Waals surface area contributed by atoms with Crippen LogP contribution in [0.5, 0.6) is 0 Å². The van der Waals surface area contributed by atoms with Gasteiger partial charge >= 0.3 is 0 Å². The van der Waals surface area contributed by atoms with E-state index in [-0.39, 0.29) is 0 Å². The van der Waals surface area contributed by atoms with Gasteiger partial charge in [-0.15, -0.1) is 0 Å². The number of hydrogen-bond acceptors (Lipinski definition) is 3. The van der Waals surface area contributed by atoms with Crippen LogP contribution in [0.2, 0.25) is 0 Å². The summed E-state index contributed by atoms with van der Waals surface area (Å²) in [6, 6.07) is 5.22. The van der Waals surface area contributed by atoms with E-state index < -0.39 is 0 Å². The molecule has 0 saturated heterocycles. The van der Waals surface area contributed by atoms with Gasteiger partial charge in [-0.1, -0.05) is 12.1 Å². The van der Waals surface area contributed by atoms with E-state index in [1.165, 1.54) is 0 Å². The van der Waals surface area contributed by atoms with E-state index in [9.17, 15) is 0 Å². The van der Waals surface area contributed by atoms with Crippen molar-refractivity contribution in [3.8, 4) is 0 Å². The lowest BCUT2D eigenvalue weighted by atomic mass is 10.1. The Labute approximate surface area is 70.1 Å². The Balaban J connectivity index is 3.42. The zero-order valence-corrected chi connectivity index (χ0v) is 6.57. The monoisotopic (exact) mass is 165 g/mol. The molecule has 4 N–H and O–H groups in total. The van der Waals surface area contributed by atoms with Crippen molar-refractivity contribution in [2.75, 3.05) is 0 Å². The smallest absolute Gasteiger partial charge is 0.0871 e. The van der Waals surface area contributed by atoms with Gasteiger partial charge in [0.05, 0.1) is 12.5 Å². The molecule has 0 fully saturated rings. The minimum atomic E-state index is 0.423. The zero-order chi connectivity index (χ0) is 8.97. The average molecular weight is 165 g/mol. The Kier molecular flexibility index (Phi) is 2.71. The molecular weight excluding hydrogens is 154 g/mol. The molecular formula is C9H11NO2. The molecule has 3 nitrogen and oxygen atoms in total. The third-order valence-corrected chi connectivity index (χ3v) is 1.67. The highest BCUT2D eigenvalue weighted by Gasteiger charge is 1.89. The summed E-state index contributed by atoms with van der Waals surface area (Å²) < 4.78 is 0. The first-order valence-electron chi connectivity index (χ1n) is 3.59. The van der Waals surface area contributed by atoms with Crippen LogP contribution in [0.3, 0.4) is 0 Å². The molecule has 64 valence electrons. The minimum Gasteiger partial charge on any atom is -0.515 e. The predicted molar refractivity (Wildman–Crippen MR) is 47.8 cm³/mol. The summed E-state index contributed by atoms with van der Waals surface area (Å²) in [5.74, 6) is 0. The lowest BCUT2D eigenvalue weighted by molar-refractivity contribution is 0.533. The molecule has 3 heteroatoms. The van der Waals surface area contributed by atoms with Crippen molar-refractivity contribution in [1.29, 1.82) is 0 Å².